The van der Waals surface area contributed by atoms with Gasteiger partial charge in [0, 0.05) is 32.7 Å². The average molecular weight is 246 g/mol. The molecule has 17 heavy (non-hydrogen) atoms. The maximum Gasteiger partial charge on any atom is 0.338 e. The van der Waals surface area contributed by atoms with E-state index in [0.29, 0.717) is 0 Å². The Balaban J connectivity index is 2.12. The molecule has 2 N–H and O–H groups in total. The smallest absolute Gasteiger partial charge is 0.338 e. The number of hydrogen-bond donors (Lipinski definition) is 2. The molecule has 1 unspecified atom stereocenters. The number of hydrogen-bond acceptors (Lipinski definition) is 6. The van der Waals surface area contributed by atoms with E-state index in [1.807, 2.05) is 0 Å². The summed E-state index contributed by atoms with van der Waals surface area (Å²) in [5.41, 5.74) is -1.46. The molecule has 1 saturated heterocycles. The summed E-state index contributed by atoms with van der Waals surface area (Å²) in [7, 11) is 1.27. The maximum absolute atomic E-state index is 11.2. The lowest BCUT2D eigenvalue weighted by Crippen LogP contribution is -2.48. The van der Waals surface area contributed by atoms with Gasteiger partial charge in [0.1, 0.15) is 0 Å². The highest BCUT2D eigenvalue weighted by Crippen LogP contribution is 2.03. The lowest BCUT2D eigenvalue weighted by atomic mass is 10.1. The predicted octanol–water partition coefficient (Wildman–Crippen LogP) is -1.17. The summed E-state index contributed by atoms with van der Waals surface area (Å²) in [6.07, 6.45) is 0. The van der Waals surface area contributed by atoms with Crippen molar-refractivity contribution in [2.24, 2.45) is 0 Å². The minimum absolute atomic E-state index is 0.198. The Hall–Kier alpha value is -0.690. The highest BCUT2D eigenvalue weighted by molar-refractivity contribution is 5.78. The van der Waals surface area contributed by atoms with Crippen LogP contribution < -0.4 is 5.32 Å². The first-order chi connectivity index (χ1) is 8.06. The monoisotopic (exact) mass is 246 g/mol. The zero-order valence-corrected chi connectivity index (χ0v) is 10.6. The largest absolute Gasteiger partial charge is 0.467 e. The zero-order valence-electron chi connectivity index (χ0n) is 10.6. The average Bonchev–Trinajstić information content (AvgIpc) is 2.35. The number of ether oxygens (including phenoxy) is 2. The molecule has 0 aromatic carbocycles. The molecule has 0 aromatic rings. The summed E-state index contributed by atoms with van der Waals surface area (Å²) in [6, 6.07) is 0. The molecule has 1 heterocycles. The first-order valence-electron chi connectivity index (χ1n) is 5.88. The number of nitrogens with one attached hydrogen (secondary N) is 1. The van der Waals surface area contributed by atoms with E-state index in [4.69, 9.17) is 4.74 Å². The van der Waals surface area contributed by atoms with Crippen molar-refractivity contribution >= 4 is 5.97 Å². The third-order valence-corrected chi connectivity index (χ3v) is 2.80. The molecule has 0 amide bonds. The second kappa shape index (κ2) is 6.90. The predicted molar refractivity (Wildman–Crippen MR) is 62.8 cm³/mol. The third kappa shape index (κ3) is 4.99. The molecule has 1 rings (SSSR count). The van der Waals surface area contributed by atoms with Crippen molar-refractivity contribution in [1.29, 1.82) is 0 Å². The van der Waals surface area contributed by atoms with Gasteiger partial charge in [0.15, 0.2) is 5.60 Å². The van der Waals surface area contributed by atoms with Gasteiger partial charge in [-0.15, -0.1) is 0 Å². The summed E-state index contributed by atoms with van der Waals surface area (Å²) >= 11 is 0. The number of nitrogens with zero attached hydrogens (tertiary/aromatic N) is 1. The molecule has 0 bridgehead atoms. The maximum atomic E-state index is 11.2. The molecule has 1 aliphatic heterocycles. The van der Waals surface area contributed by atoms with Gasteiger partial charge in [0.2, 0.25) is 0 Å². The van der Waals surface area contributed by atoms with Crippen molar-refractivity contribution in [3.63, 3.8) is 0 Å². The van der Waals surface area contributed by atoms with Crippen LogP contribution in [0.4, 0.5) is 0 Å². The molecule has 6 nitrogen and oxygen atoms in total. The number of esters is 1. The SMILES string of the molecule is COC(=O)C(C)(O)CNCCN1CCOCC1. The van der Waals surface area contributed by atoms with Gasteiger partial charge in [-0.3, -0.25) is 4.90 Å². The molecule has 0 saturated carbocycles. The highest BCUT2D eigenvalue weighted by atomic mass is 16.5. The normalized spacial score (nSPS) is 20.9. The summed E-state index contributed by atoms with van der Waals surface area (Å²) in [5.74, 6) is -0.614. The number of rotatable bonds is 6. The van der Waals surface area contributed by atoms with Crippen LogP contribution in [0, 0.1) is 0 Å². The van der Waals surface area contributed by atoms with E-state index in [9.17, 15) is 9.90 Å². The Morgan fingerprint density at radius 3 is 2.76 bits per heavy atom. The van der Waals surface area contributed by atoms with Gasteiger partial charge in [-0.25, -0.2) is 4.79 Å². The number of methoxy groups -OCH3 is 1. The molecular formula is C11H22N2O4. The van der Waals surface area contributed by atoms with Crippen LogP contribution in [-0.4, -0.2) is 74.6 Å². The minimum atomic E-state index is -1.46. The van der Waals surface area contributed by atoms with Gasteiger partial charge in [-0.1, -0.05) is 0 Å². The molecule has 0 aliphatic carbocycles. The molecule has 0 aromatic heterocycles. The van der Waals surface area contributed by atoms with Gasteiger partial charge in [-0.2, -0.15) is 0 Å². The molecular weight excluding hydrogens is 224 g/mol. The molecule has 0 spiro atoms. The van der Waals surface area contributed by atoms with Gasteiger partial charge in [0.05, 0.1) is 20.3 Å². The van der Waals surface area contributed by atoms with Gasteiger partial charge < -0.3 is 19.9 Å². The minimum Gasteiger partial charge on any atom is -0.467 e. The van der Waals surface area contributed by atoms with Crippen LogP contribution in [0.3, 0.4) is 0 Å². The van der Waals surface area contributed by atoms with E-state index >= 15 is 0 Å². The summed E-state index contributed by atoms with van der Waals surface area (Å²) in [4.78, 5) is 13.5. The first kappa shape index (κ1) is 14.4. The van der Waals surface area contributed by atoms with E-state index in [1.54, 1.807) is 0 Å². The summed E-state index contributed by atoms with van der Waals surface area (Å²) in [6.45, 7) is 6.70. The summed E-state index contributed by atoms with van der Waals surface area (Å²) in [5, 5.41) is 12.8. The van der Waals surface area contributed by atoms with Crippen LogP contribution in [-0.2, 0) is 14.3 Å². The molecule has 1 fully saturated rings. The van der Waals surface area contributed by atoms with E-state index < -0.39 is 11.6 Å². The van der Waals surface area contributed by atoms with Crippen molar-refractivity contribution in [2.45, 2.75) is 12.5 Å². The van der Waals surface area contributed by atoms with Crippen molar-refractivity contribution in [2.75, 3.05) is 53.0 Å². The molecule has 0 radical (unpaired) electrons. The standard InChI is InChI=1S/C11H22N2O4/c1-11(15,10(14)16-2)9-12-3-4-13-5-7-17-8-6-13/h12,15H,3-9H2,1-2H3. The van der Waals surface area contributed by atoms with E-state index in [1.165, 1.54) is 14.0 Å². The van der Waals surface area contributed by atoms with Gasteiger partial charge in [0.25, 0.3) is 0 Å². The van der Waals surface area contributed by atoms with Crippen LogP contribution in [0.5, 0.6) is 0 Å². The number of aliphatic hydroxyl groups is 1. The molecule has 1 aliphatic rings. The quantitative estimate of drug-likeness (QED) is 0.455. The fraction of sp³-hybridized carbons (Fsp3) is 0.909. The molecule has 1 atom stereocenters. The van der Waals surface area contributed by atoms with E-state index in [-0.39, 0.29) is 6.54 Å². The Kier molecular flexibility index (Phi) is 5.84. The first-order valence-corrected chi connectivity index (χ1v) is 5.88. The number of morpholine rings is 1. The second-order valence-electron chi connectivity index (χ2n) is 4.40. The Labute approximate surface area is 102 Å². The second-order valence-corrected chi connectivity index (χ2v) is 4.40. The highest BCUT2D eigenvalue weighted by Gasteiger charge is 2.30. The van der Waals surface area contributed by atoms with E-state index in [2.05, 4.69) is 15.0 Å². The Morgan fingerprint density at radius 1 is 1.53 bits per heavy atom. The zero-order chi connectivity index (χ0) is 12.7. The fourth-order valence-electron chi connectivity index (χ4n) is 1.69. The number of carbonyl (C=O) groups is 1. The van der Waals surface area contributed by atoms with Crippen LogP contribution >= 0.6 is 0 Å². The lowest BCUT2D eigenvalue weighted by molar-refractivity contribution is -0.159. The van der Waals surface area contributed by atoms with Crippen LogP contribution in [0.25, 0.3) is 0 Å². The number of carbonyl (C=O) groups excluding carboxylic acids is 1. The van der Waals surface area contributed by atoms with Crippen LogP contribution in [0.15, 0.2) is 0 Å². The van der Waals surface area contributed by atoms with Crippen molar-refractivity contribution in [3.05, 3.63) is 0 Å². The van der Waals surface area contributed by atoms with Crippen molar-refractivity contribution in [1.82, 2.24) is 10.2 Å². The molecule has 6 heteroatoms. The summed E-state index contributed by atoms with van der Waals surface area (Å²) < 4.78 is 9.75. The van der Waals surface area contributed by atoms with Gasteiger partial charge >= 0.3 is 5.97 Å². The van der Waals surface area contributed by atoms with E-state index in [0.717, 1.165) is 39.4 Å². The Bertz CT molecular complexity index is 240. The fourth-order valence-corrected chi connectivity index (χ4v) is 1.69. The third-order valence-electron chi connectivity index (χ3n) is 2.80. The topological polar surface area (TPSA) is 71.0 Å². The van der Waals surface area contributed by atoms with Gasteiger partial charge in [-0.05, 0) is 6.92 Å². The van der Waals surface area contributed by atoms with Crippen molar-refractivity contribution < 1.29 is 19.4 Å². The van der Waals surface area contributed by atoms with Crippen molar-refractivity contribution in [3.8, 4) is 0 Å². The molecule has 100 valence electrons. The lowest BCUT2D eigenvalue weighted by Gasteiger charge is -2.27. The Morgan fingerprint density at radius 2 is 2.18 bits per heavy atom. The van der Waals surface area contributed by atoms with Crippen LogP contribution in [0.1, 0.15) is 6.92 Å². The van der Waals surface area contributed by atoms with Crippen LogP contribution in [0.2, 0.25) is 0 Å².